The fourth-order valence-corrected chi connectivity index (χ4v) is 5.90. The van der Waals surface area contributed by atoms with Crippen molar-refractivity contribution in [3.05, 3.63) is 71.3 Å². The molecule has 1 aliphatic heterocycles. The summed E-state index contributed by atoms with van der Waals surface area (Å²) in [5.74, 6) is -0.0623. The van der Waals surface area contributed by atoms with Crippen molar-refractivity contribution in [3.63, 3.8) is 0 Å². The van der Waals surface area contributed by atoms with Gasteiger partial charge in [0.25, 0.3) is 5.91 Å². The van der Waals surface area contributed by atoms with Crippen LogP contribution in [0.4, 0.5) is 0 Å². The van der Waals surface area contributed by atoms with E-state index in [1.165, 1.54) is 11.8 Å². The number of nitrogens with zero attached hydrogens (tertiary/aromatic N) is 4. The minimum absolute atomic E-state index is 0.0224. The number of carbonyl (C=O) groups is 1. The van der Waals surface area contributed by atoms with Gasteiger partial charge in [0.15, 0.2) is 0 Å². The number of benzene rings is 2. The molecule has 0 radical (unpaired) electrons. The van der Waals surface area contributed by atoms with Gasteiger partial charge in [-0.2, -0.15) is 5.10 Å². The summed E-state index contributed by atoms with van der Waals surface area (Å²) < 4.78 is 3.52. The number of thiazole rings is 1. The van der Waals surface area contributed by atoms with Crippen LogP contribution in [0.1, 0.15) is 19.4 Å². The highest BCUT2D eigenvalue weighted by Crippen LogP contribution is 2.37. The highest BCUT2D eigenvalue weighted by Gasteiger charge is 2.34. The molecule has 0 atom stereocenters. The summed E-state index contributed by atoms with van der Waals surface area (Å²) in [6.07, 6.45) is 3.83. The molecule has 5 nitrogen and oxygen atoms in total. The van der Waals surface area contributed by atoms with Crippen LogP contribution in [-0.2, 0) is 4.79 Å². The standard InChI is InChI=1S/C23H18N4OS3/c1-14(2)27-22(28)19(31-23(27)29)12-15-13-26(16-8-4-3-5-9-16)25-20(15)21-24-17-10-6-7-11-18(17)30-21/h3-14H,1-2H3. The zero-order chi connectivity index (χ0) is 21.5. The molecule has 31 heavy (non-hydrogen) atoms. The molecule has 1 aliphatic rings. The van der Waals surface area contributed by atoms with Crippen molar-refractivity contribution >= 4 is 61.8 Å². The summed E-state index contributed by atoms with van der Waals surface area (Å²) in [6, 6.07) is 18.0. The van der Waals surface area contributed by atoms with Crippen LogP contribution in [0.25, 0.3) is 32.7 Å². The van der Waals surface area contributed by atoms with Crippen LogP contribution in [0.2, 0.25) is 0 Å². The zero-order valence-electron chi connectivity index (χ0n) is 16.9. The van der Waals surface area contributed by atoms with Crippen LogP contribution in [0.3, 0.4) is 0 Å². The van der Waals surface area contributed by atoms with Gasteiger partial charge in [-0.25, -0.2) is 9.67 Å². The van der Waals surface area contributed by atoms with Gasteiger partial charge in [-0.15, -0.1) is 11.3 Å². The third kappa shape index (κ3) is 3.71. The normalized spacial score (nSPS) is 15.7. The quantitative estimate of drug-likeness (QED) is 0.285. The molecule has 0 unspecified atom stereocenters. The second-order valence-electron chi connectivity index (χ2n) is 7.35. The molecule has 0 aliphatic carbocycles. The molecule has 1 saturated heterocycles. The average molecular weight is 463 g/mol. The lowest BCUT2D eigenvalue weighted by molar-refractivity contribution is -0.123. The fraction of sp³-hybridized carbons (Fsp3) is 0.130. The van der Waals surface area contributed by atoms with E-state index in [0.717, 1.165) is 32.2 Å². The predicted molar refractivity (Wildman–Crippen MR) is 132 cm³/mol. The van der Waals surface area contributed by atoms with Gasteiger partial charge in [0.1, 0.15) is 15.0 Å². The third-order valence-electron chi connectivity index (χ3n) is 4.89. The summed E-state index contributed by atoms with van der Waals surface area (Å²) in [4.78, 5) is 20.0. The molecule has 2 aromatic carbocycles. The fourth-order valence-electron chi connectivity index (χ4n) is 3.41. The first-order valence-corrected chi connectivity index (χ1v) is 11.8. The molecule has 2 aromatic heterocycles. The lowest BCUT2D eigenvalue weighted by atomic mass is 10.2. The Kier molecular flexibility index (Phi) is 5.21. The summed E-state index contributed by atoms with van der Waals surface area (Å²) in [7, 11) is 0. The lowest BCUT2D eigenvalue weighted by Crippen LogP contribution is -2.34. The van der Waals surface area contributed by atoms with Crippen LogP contribution in [0, 0.1) is 0 Å². The largest absolute Gasteiger partial charge is 0.290 e. The van der Waals surface area contributed by atoms with Crippen molar-refractivity contribution in [3.8, 4) is 16.4 Å². The van der Waals surface area contributed by atoms with Crippen LogP contribution < -0.4 is 0 Å². The predicted octanol–water partition coefficient (Wildman–Crippen LogP) is 5.76. The Morgan fingerprint density at radius 1 is 1.06 bits per heavy atom. The number of thiocarbonyl (C=S) groups is 1. The number of aromatic nitrogens is 3. The Labute approximate surface area is 193 Å². The van der Waals surface area contributed by atoms with E-state index >= 15 is 0 Å². The van der Waals surface area contributed by atoms with Crippen molar-refractivity contribution in [1.82, 2.24) is 19.7 Å². The smallest absolute Gasteiger partial charge is 0.266 e. The number of hydrogen-bond donors (Lipinski definition) is 0. The van der Waals surface area contributed by atoms with E-state index < -0.39 is 0 Å². The molecular formula is C23H18N4OS3. The minimum Gasteiger partial charge on any atom is -0.290 e. The van der Waals surface area contributed by atoms with E-state index in [1.807, 2.05) is 79.3 Å². The van der Waals surface area contributed by atoms with Gasteiger partial charge in [0.05, 0.1) is 20.8 Å². The molecular weight excluding hydrogens is 444 g/mol. The first kappa shape index (κ1) is 20.1. The van der Waals surface area contributed by atoms with Crippen molar-refractivity contribution in [1.29, 1.82) is 0 Å². The highest BCUT2D eigenvalue weighted by atomic mass is 32.2. The van der Waals surface area contributed by atoms with Crippen LogP contribution >= 0.6 is 35.3 Å². The Morgan fingerprint density at radius 3 is 2.52 bits per heavy atom. The maximum Gasteiger partial charge on any atom is 0.266 e. The number of fused-ring (bicyclic) bond motifs is 1. The molecule has 5 rings (SSSR count). The average Bonchev–Trinajstić information content (AvgIpc) is 3.44. The Bertz CT molecular complexity index is 1300. The maximum atomic E-state index is 12.9. The number of para-hydroxylation sites is 2. The van der Waals surface area contributed by atoms with Gasteiger partial charge in [0, 0.05) is 17.8 Å². The van der Waals surface area contributed by atoms with Gasteiger partial charge in [-0.3, -0.25) is 9.69 Å². The summed E-state index contributed by atoms with van der Waals surface area (Å²) in [5.41, 5.74) is 3.47. The van der Waals surface area contributed by atoms with Gasteiger partial charge in [-0.05, 0) is 44.2 Å². The molecule has 0 bridgehead atoms. The van der Waals surface area contributed by atoms with E-state index in [4.69, 9.17) is 22.3 Å². The molecule has 8 heteroatoms. The molecule has 3 heterocycles. The summed E-state index contributed by atoms with van der Waals surface area (Å²) in [6.45, 7) is 3.93. The SMILES string of the molecule is CC(C)N1C(=O)C(=Cc2cn(-c3ccccc3)nc2-c2nc3ccccc3s2)SC1=S. The van der Waals surface area contributed by atoms with Gasteiger partial charge in [-0.1, -0.05) is 54.3 Å². The van der Waals surface area contributed by atoms with Crippen molar-refractivity contribution in [2.45, 2.75) is 19.9 Å². The van der Waals surface area contributed by atoms with E-state index in [1.54, 1.807) is 16.2 Å². The molecule has 154 valence electrons. The zero-order valence-corrected chi connectivity index (χ0v) is 19.3. The molecule has 1 fully saturated rings. The lowest BCUT2D eigenvalue weighted by Gasteiger charge is -2.18. The number of hydrogen-bond acceptors (Lipinski definition) is 6. The van der Waals surface area contributed by atoms with E-state index in [9.17, 15) is 4.79 Å². The Hall–Kier alpha value is -2.81. The topological polar surface area (TPSA) is 51.0 Å². The Morgan fingerprint density at radius 2 is 1.81 bits per heavy atom. The number of rotatable bonds is 4. The second-order valence-corrected chi connectivity index (χ2v) is 10.1. The van der Waals surface area contributed by atoms with Gasteiger partial charge < -0.3 is 0 Å². The van der Waals surface area contributed by atoms with E-state index in [0.29, 0.717) is 9.23 Å². The Balaban J connectivity index is 1.64. The van der Waals surface area contributed by atoms with Gasteiger partial charge >= 0.3 is 0 Å². The van der Waals surface area contributed by atoms with E-state index in [-0.39, 0.29) is 11.9 Å². The minimum atomic E-state index is -0.0623. The van der Waals surface area contributed by atoms with Crippen LogP contribution in [-0.4, -0.2) is 35.9 Å². The molecule has 4 aromatic rings. The molecule has 0 saturated carbocycles. The first-order chi connectivity index (χ1) is 15.0. The summed E-state index contributed by atoms with van der Waals surface area (Å²) in [5, 5.41) is 5.66. The number of carbonyl (C=O) groups excluding carboxylic acids is 1. The molecule has 0 spiro atoms. The van der Waals surface area contributed by atoms with Crippen molar-refractivity contribution < 1.29 is 4.79 Å². The van der Waals surface area contributed by atoms with Crippen LogP contribution in [0.15, 0.2) is 65.7 Å². The third-order valence-corrected chi connectivity index (χ3v) is 7.26. The maximum absolute atomic E-state index is 12.9. The van der Waals surface area contributed by atoms with Crippen molar-refractivity contribution in [2.24, 2.45) is 0 Å². The van der Waals surface area contributed by atoms with Crippen LogP contribution in [0.5, 0.6) is 0 Å². The van der Waals surface area contributed by atoms with E-state index in [2.05, 4.69) is 6.07 Å². The molecule has 0 N–H and O–H groups in total. The molecule has 1 amide bonds. The first-order valence-electron chi connectivity index (χ1n) is 9.79. The highest BCUT2D eigenvalue weighted by molar-refractivity contribution is 8.26. The summed E-state index contributed by atoms with van der Waals surface area (Å²) >= 11 is 8.36. The monoisotopic (exact) mass is 462 g/mol. The second kappa shape index (κ2) is 8.03. The van der Waals surface area contributed by atoms with Gasteiger partial charge in [0.2, 0.25) is 0 Å². The number of amides is 1. The van der Waals surface area contributed by atoms with Crippen molar-refractivity contribution in [2.75, 3.05) is 0 Å². The number of thioether (sulfide) groups is 1.